The Balaban J connectivity index is 1.22. The van der Waals surface area contributed by atoms with Gasteiger partial charge in [-0.15, -0.1) is 11.3 Å². The molecule has 0 saturated carbocycles. The molecule has 0 aliphatic carbocycles. The van der Waals surface area contributed by atoms with Crippen LogP contribution in [-0.2, 0) is 0 Å². The lowest BCUT2D eigenvalue weighted by atomic mass is 10.0. The molecule has 0 spiro atoms. The number of benzene rings is 7. The highest BCUT2D eigenvalue weighted by molar-refractivity contribution is 7.22. The first-order chi connectivity index (χ1) is 24.7. The summed E-state index contributed by atoms with van der Waals surface area (Å²) in [5.74, 6) is 1.73. The average Bonchev–Trinajstić information content (AvgIpc) is 3.79. The Bertz CT molecular complexity index is 2860. The number of aromatic nitrogens is 4. The van der Waals surface area contributed by atoms with Crippen molar-refractivity contribution in [2.45, 2.75) is 0 Å². The number of fused-ring (bicyclic) bond motifs is 5. The molecular formula is C44H26N4OS. The molecule has 0 radical (unpaired) electrons. The van der Waals surface area contributed by atoms with Crippen molar-refractivity contribution in [2.75, 3.05) is 0 Å². The number of nitrogens with zero attached hydrogens (tertiary/aromatic N) is 4. The Morgan fingerprint density at radius 3 is 1.78 bits per heavy atom. The van der Waals surface area contributed by atoms with Gasteiger partial charge in [0.2, 0.25) is 0 Å². The summed E-state index contributed by atoms with van der Waals surface area (Å²) in [5, 5.41) is 5.31. The average molecular weight is 659 g/mol. The molecule has 3 heterocycles. The fourth-order valence-electron chi connectivity index (χ4n) is 6.67. The fraction of sp³-hybridized carbons (Fsp3) is 0. The Hall–Kier alpha value is -6.50. The van der Waals surface area contributed by atoms with E-state index in [1.165, 1.54) is 10.8 Å². The van der Waals surface area contributed by atoms with Gasteiger partial charge in [0.25, 0.3) is 0 Å². The number of furan rings is 1. The van der Waals surface area contributed by atoms with Gasteiger partial charge in [-0.25, -0.2) is 19.9 Å². The largest absolute Gasteiger partial charge is 0.455 e. The summed E-state index contributed by atoms with van der Waals surface area (Å²) in [7, 11) is 0. The van der Waals surface area contributed by atoms with Crippen molar-refractivity contribution in [1.29, 1.82) is 0 Å². The Labute approximate surface area is 291 Å². The van der Waals surface area contributed by atoms with Crippen LogP contribution in [0.3, 0.4) is 0 Å². The molecule has 0 atom stereocenters. The minimum atomic E-state index is 0.546. The molecule has 0 fully saturated rings. The molecule has 0 N–H and O–H groups in total. The predicted octanol–water partition coefficient (Wildman–Crippen LogP) is 11.9. The van der Waals surface area contributed by atoms with E-state index in [9.17, 15) is 0 Å². The van der Waals surface area contributed by atoms with Gasteiger partial charge in [-0.2, -0.15) is 0 Å². The molecule has 50 heavy (non-hydrogen) atoms. The second kappa shape index (κ2) is 11.6. The first-order valence-electron chi connectivity index (χ1n) is 16.5. The van der Waals surface area contributed by atoms with Crippen molar-refractivity contribution >= 4 is 54.3 Å². The van der Waals surface area contributed by atoms with Crippen molar-refractivity contribution in [2.24, 2.45) is 0 Å². The van der Waals surface area contributed by atoms with Crippen LogP contribution >= 0.6 is 11.3 Å². The summed E-state index contributed by atoms with van der Waals surface area (Å²) in [4.78, 5) is 20.6. The van der Waals surface area contributed by atoms with Crippen LogP contribution in [0, 0.1) is 0 Å². The molecule has 3 aromatic heterocycles. The van der Waals surface area contributed by atoms with E-state index in [4.69, 9.17) is 24.4 Å². The molecule has 0 amide bonds. The van der Waals surface area contributed by atoms with Crippen LogP contribution in [0.4, 0.5) is 0 Å². The first kappa shape index (κ1) is 28.5. The predicted molar refractivity (Wildman–Crippen MR) is 205 cm³/mol. The highest BCUT2D eigenvalue weighted by Gasteiger charge is 2.23. The number of para-hydroxylation sites is 1. The highest BCUT2D eigenvalue weighted by Crippen LogP contribution is 2.44. The normalized spacial score (nSPS) is 11.6. The van der Waals surface area contributed by atoms with E-state index in [0.29, 0.717) is 17.5 Å². The SMILES string of the molecule is c1ccc(-c2ccc(-c3nc(-c4ccccc4)nc(-c4c5oc6ccccc6c5cc5nc(-c6ccc7ccccc7c6)sc45)n3)cc2)cc1. The van der Waals surface area contributed by atoms with Crippen LogP contribution in [0.15, 0.2) is 162 Å². The number of hydrogen-bond donors (Lipinski definition) is 0. The van der Waals surface area contributed by atoms with E-state index in [2.05, 4.69) is 103 Å². The quantitative estimate of drug-likeness (QED) is 0.184. The van der Waals surface area contributed by atoms with Gasteiger partial charge >= 0.3 is 0 Å². The molecule has 6 heteroatoms. The molecular weight excluding hydrogens is 633 g/mol. The Kier molecular flexibility index (Phi) is 6.60. The van der Waals surface area contributed by atoms with E-state index in [1.54, 1.807) is 11.3 Å². The van der Waals surface area contributed by atoms with Crippen molar-refractivity contribution in [3.63, 3.8) is 0 Å². The van der Waals surface area contributed by atoms with Crippen LogP contribution in [0.25, 0.3) is 98.8 Å². The fourth-order valence-corrected chi connectivity index (χ4v) is 7.74. The monoisotopic (exact) mass is 658 g/mol. The zero-order valence-corrected chi connectivity index (χ0v) is 27.4. The van der Waals surface area contributed by atoms with Gasteiger partial charge in [0.1, 0.15) is 16.2 Å². The molecule has 5 nitrogen and oxygen atoms in total. The first-order valence-corrected chi connectivity index (χ1v) is 17.3. The van der Waals surface area contributed by atoms with Crippen molar-refractivity contribution < 1.29 is 4.42 Å². The molecule has 0 unspecified atom stereocenters. The van der Waals surface area contributed by atoms with Gasteiger partial charge in [-0.3, -0.25) is 0 Å². The lowest BCUT2D eigenvalue weighted by Gasteiger charge is -2.10. The van der Waals surface area contributed by atoms with E-state index in [1.807, 2.05) is 54.6 Å². The van der Waals surface area contributed by atoms with Crippen LogP contribution in [0.2, 0.25) is 0 Å². The van der Waals surface area contributed by atoms with Gasteiger partial charge in [0.05, 0.1) is 15.8 Å². The summed E-state index contributed by atoms with van der Waals surface area (Å²) < 4.78 is 7.62. The third-order valence-corrected chi connectivity index (χ3v) is 10.3. The van der Waals surface area contributed by atoms with Gasteiger partial charge in [-0.1, -0.05) is 140 Å². The van der Waals surface area contributed by atoms with E-state index >= 15 is 0 Å². The maximum Gasteiger partial charge on any atom is 0.169 e. The molecule has 0 aliphatic rings. The van der Waals surface area contributed by atoms with Gasteiger partial charge in [0, 0.05) is 27.5 Å². The van der Waals surface area contributed by atoms with E-state index in [0.717, 1.165) is 70.5 Å². The van der Waals surface area contributed by atoms with Crippen molar-refractivity contribution in [1.82, 2.24) is 19.9 Å². The summed E-state index contributed by atoms with van der Waals surface area (Å²) in [6.07, 6.45) is 0. The number of hydrogen-bond acceptors (Lipinski definition) is 6. The van der Waals surface area contributed by atoms with Crippen LogP contribution in [0.5, 0.6) is 0 Å². The molecule has 234 valence electrons. The van der Waals surface area contributed by atoms with E-state index in [-0.39, 0.29) is 0 Å². The number of thiazole rings is 1. The third-order valence-electron chi connectivity index (χ3n) is 9.16. The van der Waals surface area contributed by atoms with Crippen molar-refractivity contribution in [3.05, 3.63) is 158 Å². The smallest absolute Gasteiger partial charge is 0.169 e. The Morgan fingerprint density at radius 1 is 0.420 bits per heavy atom. The summed E-state index contributed by atoms with van der Waals surface area (Å²) in [5.41, 5.74) is 8.42. The van der Waals surface area contributed by atoms with Gasteiger partial charge < -0.3 is 4.42 Å². The molecule has 0 aliphatic heterocycles. The minimum Gasteiger partial charge on any atom is -0.455 e. The second-order valence-corrected chi connectivity index (χ2v) is 13.3. The van der Waals surface area contributed by atoms with Crippen molar-refractivity contribution in [3.8, 4) is 55.9 Å². The molecule has 0 bridgehead atoms. The van der Waals surface area contributed by atoms with Gasteiger partial charge in [-0.05, 0) is 40.1 Å². The lowest BCUT2D eigenvalue weighted by molar-refractivity contribution is 0.670. The molecule has 0 saturated heterocycles. The van der Waals surface area contributed by atoms with Crippen LogP contribution in [-0.4, -0.2) is 19.9 Å². The maximum absolute atomic E-state index is 6.65. The van der Waals surface area contributed by atoms with E-state index < -0.39 is 0 Å². The third kappa shape index (κ3) is 4.85. The summed E-state index contributed by atoms with van der Waals surface area (Å²) >= 11 is 1.64. The summed E-state index contributed by atoms with van der Waals surface area (Å²) in [6, 6.07) is 54.0. The molecule has 10 rings (SSSR count). The molecule has 10 aromatic rings. The zero-order valence-electron chi connectivity index (χ0n) is 26.6. The molecule has 7 aromatic carbocycles. The topological polar surface area (TPSA) is 64.7 Å². The standard InChI is InChI=1S/C44H26N4OS/c1-3-11-27(12-4-1)29-19-22-31(23-20-29)42-46-41(30-14-5-2-6-15-30)47-43(48-42)38-39-35(34-17-9-10-18-37(34)49-39)26-36-40(38)50-44(45-36)33-24-21-28-13-7-8-16-32(28)25-33/h1-26H. The van der Waals surface area contributed by atoms with Crippen LogP contribution in [0.1, 0.15) is 0 Å². The zero-order chi connectivity index (χ0) is 33.0. The van der Waals surface area contributed by atoms with Crippen LogP contribution < -0.4 is 0 Å². The summed E-state index contributed by atoms with van der Waals surface area (Å²) in [6.45, 7) is 0. The minimum absolute atomic E-state index is 0.546. The second-order valence-electron chi connectivity index (χ2n) is 12.3. The Morgan fingerprint density at radius 2 is 1.00 bits per heavy atom. The van der Waals surface area contributed by atoms with Gasteiger partial charge in [0.15, 0.2) is 17.5 Å². The highest BCUT2D eigenvalue weighted by atomic mass is 32.1. The lowest BCUT2D eigenvalue weighted by Crippen LogP contribution is -2.00. The number of rotatable bonds is 5. The maximum atomic E-state index is 6.65.